The Morgan fingerprint density at radius 3 is 2.47 bits per heavy atom. The molecular weight excluding hydrogens is 243 g/mol. The largest absolute Gasteiger partial charge is 0.315 e. The molecule has 17 heavy (non-hydrogen) atoms. The first-order valence-electron chi connectivity index (χ1n) is 5.47. The highest BCUT2D eigenvalue weighted by atomic mass is 32.2. The van der Waals surface area contributed by atoms with E-state index in [-0.39, 0.29) is 16.9 Å². The zero-order chi connectivity index (χ0) is 12.5. The smallest absolute Gasteiger partial charge is 0.240 e. The summed E-state index contributed by atoms with van der Waals surface area (Å²) in [7, 11) is -3.55. The first-order valence-corrected chi connectivity index (χ1v) is 6.96. The predicted molar refractivity (Wildman–Crippen MR) is 62.5 cm³/mol. The zero-order valence-corrected chi connectivity index (χ0v) is 10.3. The third-order valence-electron chi connectivity index (χ3n) is 2.95. The van der Waals surface area contributed by atoms with E-state index in [0.29, 0.717) is 6.54 Å². The Bertz CT molecular complexity index is 487. The van der Waals surface area contributed by atoms with E-state index in [9.17, 15) is 12.8 Å². The summed E-state index contributed by atoms with van der Waals surface area (Å²) in [5.74, 6) is -0.190. The van der Waals surface area contributed by atoms with Crippen molar-refractivity contribution in [1.82, 2.24) is 10.0 Å². The van der Waals surface area contributed by atoms with Crippen LogP contribution in [0.4, 0.5) is 4.39 Å². The molecule has 0 aromatic heterocycles. The second-order valence-corrected chi connectivity index (χ2v) is 6.03. The number of hydrogen-bond acceptors (Lipinski definition) is 3. The minimum atomic E-state index is -3.55. The number of halogens is 1. The van der Waals surface area contributed by atoms with Crippen molar-refractivity contribution in [3.63, 3.8) is 0 Å². The van der Waals surface area contributed by atoms with Crippen molar-refractivity contribution in [3.05, 3.63) is 30.1 Å². The fraction of sp³-hybridized carbons (Fsp3) is 0.455. The lowest BCUT2D eigenvalue weighted by molar-refractivity contribution is 0.502. The molecule has 1 aromatic rings. The molecule has 2 N–H and O–H groups in total. The van der Waals surface area contributed by atoms with Gasteiger partial charge in [-0.25, -0.2) is 17.5 Å². The third kappa shape index (κ3) is 2.83. The molecule has 0 radical (unpaired) electrons. The molecule has 1 saturated heterocycles. The summed E-state index contributed by atoms with van der Waals surface area (Å²) in [4.78, 5) is 0.0954. The van der Waals surface area contributed by atoms with Crippen molar-refractivity contribution in [1.29, 1.82) is 0 Å². The average Bonchev–Trinajstić information content (AvgIpc) is 2.64. The van der Waals surface area contributed by atoms with Crippen LogP contribution in [-0.4, -0.2) is 27.5 Å². The van der Waals surface area contributed by atoms with E-state index in [1.165, 1.54) is 12.1 Å². The highest BCUT2D eigenvalue weighted by molar-refractivity contribution is 7.89. The maximum Gasteiger partial charge on any atom is 0.240 e. The summed E-state index contributed by atoms with van der Waals surface area (Å²) < 4.78 is 39.3. The van der Waals surface area contributed by atoms with Crippen LogP contribution in [-0.2, 0) is 10.0 Å². The summed E-state index contributed by atoms with van der Waals surface area (Å²) in [5.41, 5.74) is 0. The zero-order valence-electron chi connectivity index (χ0n) is 9.48. The summed E-state index contributed by atoms with van der Waals surface area (Å²) in [6.45, 7) is 3.41. The van der Waals surface area contributed by atoms with Crippen LogP contribution < -0.4 is 10.0 Å². The molecule has 1 aliphatic rings. The highest BCUT2D eigenvalue weighted by Crippen LogP contribution is 2.14. The Labute approximate surface area is 100 Å². The van der Waals surface area contributed by atoms with Crippen molar-refractivity contribution >= 4 is 10.0 Å². The van der Waals surface area contributed by atoms with E-state index in [1.54, 1.807) is 0 Å². The summed E-state index contributed by atoms with van der Waals surface area (Å²) in [5, 5.41) is 3.12. The molecule has 2 rings (SSSR count). The van der Waals surface area contributed by atoms with E-state index < -0.39 is 15.8 Å². The Morgan fingerprint density at radius 1 is 1.29 bits per heavy atom. The topological polar surface area (TPSA) is 58.2 Å². The van der Waals surface area contributed by atoms with Gasteiger partial charge in [0.05, 0.1) is 4.90 Å². The molecule has 2 unspecified atom stereocenters. The van der Waals surface area contributed by atoms with Gasteiger partial charge in [0.25, 0.3) is 0 Å². The Morgan fingerprint density at radius 2 is 1.94 bits per heavy atom. The lowest BCUT2D eigenvalue weighted by Gasteiger charge is -2.16. The van der Waals surface area contributed by atoms with Crippen molar-refractivity contribution in [2.75, 3.05) is 13.1 Å². The van der Waals surface area contributed by atoms with Crippen LogP contribution in [0.5, 0.6) is 0 Å². The minimum Gasteiger partial charge on any atom is -0.315 e. The van der Waals surface area contributed by atoms with Gasteiger partial charge in [-0.1, -0.05) is 6.92 Å². The molecule has 0 saturated carbocycles. The fourth-order valence-corrected chi connectivity index (χ4v) is 3.19. The second-order valence-electron chi connectivity index (χ2n) is 4.32. The van der Waals surface area contributed by atoms with Gasteiger partial charge in [-0.2, -0.15) is 0 Å². The Hall–Kier alpha value is -0.980. The summed E-state index contributed by atoms with van der Waals surface area (Å²) in [6, 6.07) is 4.72. The van der Waals surface area contributed by atoms with Gasteiger partial charge < -0.3 is 5.32 Å². The molecule has 94 valence electrons. The molecule has 1 aliphatic heterocycles. The first kappa shape index (κ1) is 12.5. The van der Waals surface area contributed by atoms with Crippen LogP contribution in [0.15, 0.2) is 29.2 Å². The van der Waals surface area contributed by atoms with E-state index >= 15 is 0 Å². The quantitative estimate of drug-likeness (QED) is 0.839. The van der Waals surface area contributed by atoms with Crippen molar-refractivity contribution in [2.24, 2.45) is 5.92 Å². The SMILES string of the molecule is CC1CNCC1NS(=O)(=O)c1ccc(F)cc1. The normalized spacial score (nSPS) is 25.1. The highest BCUT2D eigenvalue weighted by Gasteiger charge is 2.28. The molecule has 0 spiro atoms. The van der Waals surface area contributed by atoms with Gasteiger partial charge in [0.1, 0.15) is 5.82 Å². The van der Waals surface area contributed by atoms with E-state index in [4.69, 9.17) is 0 Å². The van der Waals surface area contributed by atoms with E-state index in [1.807, 2.05) is 6.92 Å². The number of rotatable bonds is 3. The van der Waals surface area contributed by atoms with E-state index in [0.717, 1.165) is 18.7 Å². The Balaban J connectivity index is 2.16. The van der Waals surface area contributed by atoms with Crippen LogP contribution >= 0.6 is 0 Å². The summed E-state index contributed by atoms with van der Waals surface area (Å²) in [6.07, 6.45) is 0. The first-order chi connectivity index (χ1) is 7.99. The molecule has 1 fully saturated rings. The Kier molecular flexibility index (Phi) is 3.46. The van der Waals surface area contributed by atoms with Crippen molar-refractivity contribution in [2.45, 2.75) is 17.9 Å². The molecule has 2 atom stereocenters. The van der Waals surface area contributed by atoms with Crippen molar-refractivity contribution < 1.29 is 12.8 Å². The molecule has 0 amide bonds. The monoisotopic (exact) mass is 258 g/mol. The number of sulfonamides is 1. The molecule has 4 nitrogen and oxygen atoms in total. The lowest BCUT2D eigenvalue weighted by atomic mass is 10.1. The van der Waals surface area contributed by atoms with Gasteiger partial charge in [-0.05, 0) is 36.7 Å². The molecular formula is C11H15FN2O2S. The van der Waals surface area contributed by atoms with Gasteiger partial charge in [0, 0.05) is 12.6 Å². The minimum absolute atomic E-state index is 0.0954. The number of hydrogen-bond donors (Lipinski definition) is 2. The van der Waals surface area contributed by atoms with Crippen LogP contribution in [0.25, 0.3) is 0 Å². The van der Waals surface area contributed by atoms with Crippen LogP contribution in [0, 0.1) is 11.7 Å². The molecule has 0 bridgehead atoms. The van der Waals surface area contributed by atoms with Gasteiger partial charge in [0.2, 0.25) is 10.0 Å². The fourth-order valence-electron chi connectivity index (χ4n) is 1.85. The number of nitrogens with one attached hydrogen (secondary N) is 2. The average molecular weight is 258 g/mol. The van der Waals surface area contributed by atoms with Gasteiger partial charge >= 0.3 is 0 Å². The maximum absolute atomic E-state index is 12.7. The summed E-state index contributed by atoms with van der Waals surface area (Å²) >= 11 is 0. The molecule has 1 aromatic carbocycles. The second kappa shape index (κ2) is 4.72. The van der Waals surface area contributed by atoms with Crippen LogP contribution in [0.2, 0.25) is 0 Å². The van der Waals surface area contributed by atoms with Gasteiger partial charge in [-0.3, -0.25) is 0 Å². The van der Waals surface area contributed by atoms with Crippen LogP contribution in [0.1, 0.15) is 6.92 Å². The third-order valence-corrected chi connectivity index (χ3v) is 4.45. The lowest BCUT2D eigenvalue weighted by Crippen LogP contribution is -2.39. The molecule has 0 aliphatic carbocycles. The number of benzene rings is 1. The van der Waals surface area contributed by atoms with Gasteiger partial charge in [-0.15, -0.1) is 0 Å². The van der Waals surface area contributed by atoms with Gasteiger partial charge in [0.15, 0.2) is 0 Å². The van der Waals surface area contributed by atoms with Crippen molar-refractivity contribution in [3.8, 4) is 0 Å². The van der Waals surface area contributed by atoms with E-state index in [2.05, 4.69) is 10.0 Å². The predicted octanol–water partition coefficient (Wildman–Crippen LogP) is 0.712. The molecule has 6 heteroatoms. The van der Waals surface area contributed by atoms with Crippen LogP contribution in [0.3, 0.4) is 0 Å². The maximum atomic E-state index is 12.7. The molecule has 1 heterocycles. The standard InChI is InChI=1S/C11H15FN2O2S/c1-8-6-13-7-11(8)14-17(15,16)10-4-2-9(12)3-5-10/h2-5,8,11,13-14H,6-7H2,1H3.